The van der Waals surface area contributed by atoms with E-state index in [9.17, 15) is 18.5 Å². The van der Waals surface area contributed by atoms with E-state index in [-0.39, 0.29) is 18.1 Å². The molecule has 0 bridgehead atoms. The number of aliphatic hydroxyl groups excluding tert-OH is 1. The number of hydrogen-bond donors (Lipinski definition) is 2. The predicted octanol–water partition coefficient (Wildman–Crippen LogP) is 1.30. The van der Waals surface area contributed by atoms with Crippen LogP contribution < -0.4 is 4.72 Å². The summed E-state index contributed by atoms with van der Waals surface area (Å²) in [6.07, 6.45) is 0.209. The van der Waals surface area contributed by atoms with Gasteiger partial charge in [-0.05, 0) is 25.5 Å². The number of aliphatic hydroxyl groups is 1. The molecule has 1 aromatic rings. The molecular weight excluding hydrogens is 296 g/mol. The van der Waals surface area contributed by atoms with Gasteiger partial charge in [0, 0.05) is 23.7 Å². The lowest BCUT2D eigenvalue weighted by Gasteiger charge is -2.13. The molecule has 0 aliphatic heterocycles. The molecule has 0 saturated carbocycles. The molecule has 106 valence electrons. The van der Waals surface area contributed by atoms with Crippen LogP contribution in [0.25, 0.3) is 0 Å². The van der Waals surface area contributed by atoms with Crippen LogP contribution >= 0.6 is 11.6 Å². The van der Waals surface area contributed by atoms with E-state index in [1.807, 2.05) is 0 Å². The van der Waals surface area contributed by atoms with Gasteiger partial charge in [-0.2, -0.15) is 0 Å². The molecule has 0 heterocycles. The molecular formula is C10H13ClN2O5S. The highest BCUT2D eigenvalue weighted by molar-refractivity contribution is 7.89. The number of benzene rings is 1. The van der Waals surface area contributed by atoms with Crippen molar-refractivity contribution in [3.63, 3.8) is 0 Å². The third kappa shape index (κ3) is 4.13. The monoisotopic (exact) mass is 308 g/mol. The topological polar surface area (TPSA) is 110 Å². The van der Waals surface area contributed by atoms with Crippen LogP contribution in [0.15, 0.2) is 23.1 Å². The van der Waals surface area contributed by atoms with Crippen molar-refractivity contribution < 1.29 is 18.4 Å². The lowest BCUT2D eigenvalue weighted by atomic mass is 10.3. The summed E-state index contributed by atoms with van der Waals surface area (Å²) in [5, 5.41) is 19.6. The summed E-state index contributed by atoms with van der Waals surface area (Å²) in [6, 6.07) is 2.78. The predicted molar refractivity (Wildman–Crippen MR) is 69.6 cm³/mol. The zero-order valence-electron chi connectivity index (χ0n) is 10.0. The molecule has 9 heteroatoms. The van der Waals surface area contributed by atoms with Crippen molar-refractivity contribution >= 4 is 27.3 Å². The van der Waals surface area contributed by atoms with Gasteiger partial charge in [0.1, 0.15) is 0 Å². The third-order valence-corrected chi connectivity index (χ3v) is 4.20. The normalized spacial score (nSPS) is 13.2. The Kier molecular flexibility index (Phi) is 5.24. The van der Waals surface area contributed by atoms with E-state index in [0.29, 0.717) is 0 Å². The molecule has 0 amide bonds. The summed E-state index contributed by atoms with van der Waals surface area (Å²) in [5.41, 5.74) is -0.587. The Hall–Kier alpha value is -1.22. The smallest absolute Gasteiger partial charge is 0.290 e. The Bertz CT molecular complexity index is 575. The van der Waals surface area contributed by atoms with Gasteiger partial charge in [0.2, 0.25) is 10.0 Å². The van der Waals surface area contributed by atoms with E-state index in [4.69, 9.17) is 16.7 Å². The van der Waals surface area contributed by atoms with Crippen LogP contribution in [0, 0.1) is 10.1 Å². The van der Waals surface area contributed by atoms with Gasteiger partial charge >= 0.3 is 0 Å². The largest absolute Gasteiger partial charge is 0.396 e. The van der Waals surface area contributed by atoms with Crippen molar-refractivity contribution in [2.24, 2.45) is 0 Å². The molecule has 1 aromatic carbocycles. The van der Waals surface area contributed by atoms with Crippen LogP contribution in [-0.2, 0) is 10.0 Å². The van der Waals surface area contributed by atoms with E-state index in [2.05, 4.69) is 4.72 Å². The summed E-state index contributed by atoms with van der Waals surface area (Å²) in [4.78, 5) is 9.59. The second-order valence-electron chi connectivity index (χ2n) is 3.90. The SMILES string of the molecule is CC(CCO)NS(=O)(=O)c1ccc(Cl)cc1[N+](=O)[O-]. The minimum absolute atomic E-state index is 0.0778. The van der Waals surface area contributed by atoms with Crippen molar-refractivity contribution in [2.75, 3.05) is 6.61 Å². The van der Waals surface area contributed by atoms with Gasteiger partial charge in [0.15, 0.2) is 4.90 Å². The quantitative estimate of drug-likeness (QED) is 0.608. The maximum Gasteiger partial charge on any atom is 0.290 e. The Balaban J connectivity index is 3.18. The summed E-state index contributed by atoms with van der Waals surface area (Å²) < 4.78 is 26.3. The molecule has 19 heavy (non-hydrogen) atoms. The van der Waals surface area contributed by atoms with Gasteiger partial charge in [-0.25, -0.2) is 13.1 Å². The standard InChI is InChI=1S/C10H13ClN2O5S/c1-7(4-5-14)12-19(17,18)10-3-2-8(11)6-9(10)13(15)16/h2-3,6-7,12,14H,4-5H2,1H3. The van der Waals surface area contributed by atoms with Gasteiger partial charge in [0.25, 0.3) is 5.69 Å². The van der Waals surface area contributed by atoms with E-state index in [1.54, 1.807) is 6.92 Å². The number of nitro benzene ring substituents is 1. The molecule has 0 fully saturated rings. The molecule has 1 unspecified atom stereocenters. The summed E-state index contributed by atoms with van der Waals surface area (Å²) in [6.45, 7) is 1.36. The van der Waals surface area contributed by atoms with Crippen molar-refractivity contribution in [1.82, 2.24) is 4.72 Å². The summed E-state index contributed by atoms with van der Waals surface area (Å²) in [5.74, 6) is 0. The highest BCUT2D eigenvalue weighted by Gasteiger charge is 2.27. The first-order chi connectivity index (χ1) is 8.77. The molecule has 0 aliphatic rings. The Labute approximate surface area is 115 Å². The molecule has 0 aliphatic carbocycles. The Morgan fingerprint density at radius 2 is 2.16 bits per heavy atom. The van der Waals surface area contributed by atoms with Crippen LogP contribution in [0.2, 0.25) is 5.02 Å². The van der Waals surface area contributed by atoms with Crippen molar-refractivity contribution in [3.05, 3.63) is 33.3 Å². The summed E-state index contributed by atoms with van der Waals surface area (Å²) >= 11 is 5.61. The number of nitrogens with zero attached hydrogens (tertiary/aromatic N) is 1. The molecule has 0 saturated heterocycles. The first-order valence-electron chi connectivity index (χ1n) is 5.35. The van der Waals surface area contributed by atoms with Gasteiger partial charge in [0.05, 0.1) is 4.92 Å². The zero-order valence-corrected chi connectivity index (χ0v) is 11.6. The lowest BCUT2D eigenvalue weighted by molar-refractivity contribution is -0.387. The second kappa shape index (κ2) is 6.29. The van der Waals surface area contributed by atoms with E-state index in [1.165, 1.54) is 6.07 Å². The average molecular weight is 309 g/mol. The second-order valence-corrected chi connectivity index (χ2v) is 6.02. The Morgan fingerprint density at radius 3 is 2.68 bits per heavy atom. The van der Waals surface area contributed by atoms with Gasteiger partial charge in [-0.15, -0.1) is 0 Å². The van der Waals surface area contributed by atoms with Crippen molar-refractivity contribution in [1.29, 1.82) is 0 Å². The molecule has 0 aromatic heterocycles. The van der Waals surface area contributed by atoms with E-state index in [0.717, 1.165) is 12.1 Å². The zero-order chi connectivity index (χ0) is 14.6. The van der Waals surface area contributed by atoms with Crippen LogP contribution in [-0.4, -0.2) is 31.1 Å². The maximum atomic E-state index is 12.0. The van der Waals surface area contributed by atoms with Crippen LogP contribution in [0.1, 0.15) is 13.3 Å². The van der Waals surface area contributed by atoms with Gasteiger partial charge in [-0.1, -0.05) is 11.6 Å². The van der Waals surface area contributed by atoms with Crippen molar-refractivity contribution in [3.8, 4) is 0 Å². The third-order valence-electron chi connectivity index (χ3n) is 2.33. The van der Waals surface area contributed by atoms with Crippen LogP contribution in [0.3, 0.4) is 0 Å². The molecule has 0 spiro atoms. The number of rotatable bonds is 6. The number of nitro groups is 1. The average Bonchev–Trinajstić information content (AvgIpc) is 2.27. The highest BCUT2D eigenvalue weighted by Crippen LogP contribution is 2.27. The minimum atomic E-state index is -4.04. The van der Waals surface area contributed by atoms with Gasteiger partial charge in [-0.3, -0.25) is 10.1 Å². The number of nitrogens with one attached hydrogen (secondary N) is 1. The number of hydrogen-bond acceptors (Lipinski definition) is 5. The fourth-order valence-electron chi connectivity index (χ4n) is 1.44. The number of halogens is 1. The Morgan fingerprint density at radius 1 is 1.53 bits per heavy atom. The fourth-order valence-corrected chi connectivity index (χ4v) is 3.04. The van der Waals surface area contributed by atoms with E-state index < -0.39 is 31.6 Å². The molecule has 7 nitrogen and oxygen atoms in total. The van der Waals surface area contributed by atoms with Gasteiger partial charge < -0.3 is 5.11 Å². The molecule has 0 radical (unpaired) electrons. The number of sulfonamides is 1. The maximum absolute atomic E-state index is 12.0. The molecule has 1 rings (SSSR count). The summed E-state index contributed by atoms with van der Waals surface area (Å²) in [7, 11) is -4.04. The van der Waals surface area contributed by atoms with Crippen LogP contribution in [0.4, 0.5) is 5.69 Å². The van der Waals surface area contributed by atoms with Crippen LogP contribution in [0.5, 0.6) is 0 Å². The first-order valence-corrected chi connectivity index (χ1v) is 7.21. The molecule has 1 atom stereocenters. The fraction of sp³-hybridized carbons (Fsp3) is 0.400. The first kappa shape index (κ1) is 15.8. The lowest BCUT2D eigenvalue weighted by Crippen LogP contribution is -2.33. The van der Waals surface area contributed by atoms with Crippen molar-refractivity contribution in [2.45, 2.75) is 24.3 Å². The van der Waals surface area contributed by atoms with E-state index >= 15 is 0 Å². The highest BCUT2D eigenvalue weighted by atomic mass is 35.5. The minimum Gasteiger partial charge on any atom is -0.396 e. The molecule has 2 N–H and O–H groups in total.